The highest BCUT2D eigenvalue weighted by atomic mass is 35.5. The van der Waals surface area contributed by atoms with Crippen LogP contribution in [0.15, 0.2) is 47.3 Å². The van der Waals surface area contributed by atoms with Gasteiger partial charge in [-0.15, -0.1) is 11.3 Å². The van der Waals surface area contributed by atoms with E-state index < -0.39 is 17.1 Å². The Morgan fingerprint density at radius 1 is 1.25 bits per heavy atom. The Kier molecular flexibility index (Phi) is 4.30. The summed E-state index contributed by atoms with van der Waals surface area (Å²) in [5.41, 5.74) is -1.14. The van der Waals surface area contributed by atoms with E-state index in [1.807, 2.05) is 0 Å². The molecule has 1 aromatic heterocycles. The van der Waals surface area contributed by atoms with Crippen molar-refractivity contribution in [2.24, 2.45) is 0 Å². The van der Waals surface area contributed by atoms with Crippen molar-refractivity contribution in [2.75, 3.05) is 0 Å². The summed E-state index contributed by atoms with van der Waals surface area (Å²) in [6, 6.07) is 12.4. The molecule has 24 heavy (non-hydrogen) atoms. The number of halogens is 2. The maximum atomic E-state index is 14.0. The average molecular weight is 359 g/mol. The number of aliphatic hydroxyl groups is 1. The van der Waals surface area contributed by atoms with E-state index in [1.165, 1.54) is 12.1 Å². The third-order valence-corrected chi connectivity index (χ3v) is 4.67. The fraction of sp³-hybridized carbons (Fsp3) is 0. The van der Waals surface area contributed by atoms with Crippen LogP contribution in [0.2, 0.25) is 5.02 Å². The second-order valence-corrected chi connectivity index (χ2v) is 6.19. The summed E-state index contributed by atoms with van der Waals surface area (Å²) in [6.45, 7) is 0. The Bertz CT molecular complexity index is 1070. The van der Waals surface area contributed by atoms with E-state index in [9.17, 15) is 19.6 Å². The Labute approximate surface area is 144 Å². The molecule has 118 valence electrons. The Balaban J connectivity index is 2.30. The van der Waals surface area contributed by atoms with Crippen molar-refractivity contribution in [3.05, 3.63) is 74.2 Å². The normalized spacial score (nSPS) is 11.9. The Hall–Kier alpha value is -2.75. The van der Waals surface area contributed by atoms with Crippen LogP contribution in [0.25, 0.3) is 21.4 Å². The monoisotopic (exact) mass is 358 g/mol. The molecular weight excluding hydrogens is 351 g/mol. The van der Waals surface area contributed by atoms with Gasteiger partial charge in [-0.2, -0.15) is 10.2 Å². The van der Waals surface area contributed by atoms with Crippen molar-refractivity contribution >= 4 is 44.4 Å². The standard InChI is InChI=1S/C17H8ClFN2O2S/c18-11-5-3-6-12(19)14(11)15(22)10(8-20)17-21-16(23)9-4-1-2-7-13(9)24-17/h1-7,22H. The van der Waals surface area contributed by atoms with Crippen LogP contribution in [-0.4, -0.2) is 10.1 Å². The number of aromatic nitrogens is 1. The number of nitrogens with zero attached hydrogens (tertiary/aromatic N) is 2. The SMILES string of the molecule is N#CC(=C(O)c1c(F)cccc1Cl)c1nc(=O)c2ccccc2s1. The quantitative estimate of drug-likeness (QED) is 0.544. The van der Waals surface area contributed by atoms with Gasteiger partial charge in [0.1, 0.15) is 28.2 Å². The largest absolute Gasteiger partial charge is 0.506 e. The fourth-order valence-electron chi connectivity index (χ4n) is 2.17. The lowest BCUT2D eigenvalue weighted by Crippen LogP contribution is -2.08. The Morgan fingerprint density at radius 3 is 2.71 bits per heavy atom. The molecule has 1 heterocycles. The number of hydrogen-bond donors (Lipinski definition) is 1. The van der Waals surface area contributed by atoms with Crippen LogP contribution in [-0.2, 0) is 0 Å². The molecule has 0 bridgehead atoms. The molecule has 0 spiro atoms. The minimum Gasteiger partial charge on any atom is -0.506 e. The maximum Gasteiger partial charge on any atom is 0.279 e. The van der Waals surface area contributed by atoms with Crippen LogP contribution in [0.5, 0.6) is 0 Å². The van der Waals surface area contributed by atoms with Crippen LogP contribution < -0.4 is 5.56 Å². The summed E-state index contributed by atoms with van der Waals surface area (Å²) in [5.74, 6) is -1.43. The topological polar surface area (TPSA) is 74.0 Å². The summed E-state index contributed by atoms with van der Waals surface area (Å²) in [4.78, 5) is 15.9. The first-order valence-electron chi connectivity index (χ1n) is 6.71. The number of rotatable bonds is 2. The van der Waals surface area contributed by atoms with Gasteiger partial charge in [0.25, 0.3) is 5.56 Å². The molecule has 0 aliphatic heterocycles. The van der Waals surface area contributed by atoms with Crippen molar-refractivity contribution in [2.45, 2.75) is 0 Å². The highest BCUT2D eigenvalue weighted by Gasteiger charge is 2.19. The second-order valence-electron chi connectivity index (χ2n) is 4.75. The zero-order valence-electron chi connectivity index (χ0n) is 12.0. The van der Waals surface area contributed by atoms with Crippen molar-refractivity contribution < 1.29 is 9.50 Å². The predicted octanol–water partition coefficient (Wildman–Crippen LogP) is 4.40. The molecule has 1 N–H and O–H groups in total. The molecule has 0 saturated carbocycles. The molecule has 0 radical (unpaired) electrons. The van der Waals surface area contributed by atoms with E-state index >= 15 is 0 Å². The fourth-order valence-corrected chi connectivity index (χ4v) is 3.42. The summed E-state index contributed by atoms with van der Waals surface area (Å²) in [6.07, 6.45) is 0. The van der Waals surface area contributed by atoms with Gasteiger partial charge in [0.05, 0.1) is 16.0 Å². The van der Waals surface area contributed by atoms with Gasteiger partial charge in [-0.05, 0) is 24.3 Å². The number of allylic oxidation sites excluding steroid dienone is 1. The summed E-state index contributed by atoms with van der Waals surface area (Å²) >= 11 is 6.97. The first kappa shape index (κ1) is 16.1. The van der Waals surface area contributed by atoms with E-state index in [0.717, 1.165) is 17.4 Å². The molecule has 0 aliphatic rings. The van der Waals surface area contributed by atoms with Crippen LogP contribution in [0.3, 0.4) is 0 Å². The Morgan fingerprint density at radius 2 is 2.00 bits per heavy atom. The zero-order chi connectivity index (χ0) is 17.3. The smallest absolute Gasteiger partial charge is 0.279 e. The second kappa shape index (κ2) is 6.40. The molecule has 0 fully saturated rings. The van der Waals surface area contributed by atoms with Gasteiger partial charge in [0.15, 0.2) is 0 Å². The first-order chi connectivity index (χ1) is 11.5. The van der Waals surface area contributed by atoms with Crippen molar-refractivity contribution in [1.29, 1.82) is 5.26 Å². The summed E-state index contributed by atoms with van der Waals surface area (Å²) in [7, 11) is 0. The first-order valence-corrected chi connectivity index (χ1v) is 7.90. The number of benzene rings is 2. The molecule has 0 unspecified atom stereocenters. The van der Waals surface area contributed by atoms with Gasteiger partial charge < -0.3 is 5.11 Å². The van der Waals surface area contributed by atoms with Gasteiger partial charge in [-0.3, -0.25) is 4.79 Å². The average Bonchev–Trinajstić information content (AvgIpc) is 2.55. The number of hydrogen-bond acceptors (Lipinski definition) is 5. The van der Waals surface area contributed by atoms with Crippen LogP contribution >= 0.6 is 22.9 Å². The van der Waals surface area contributed by atoms with Crippen LogP contribution in [0, 0.1) is 17.1 Å². The molecule has 3 aromatic rings. The third kappa shape index (κ3) is 2.75. The molecule has 2 aromatic carbocycles. The van der Waals surface area contributed by atoms with Gasteiger partial charge in [-0.25, -0.2) is 4.39 Å². The molecule has 0 amide bonds. The highest BCUT2D eigenvalue weighted by Crippen LogP contribution is 2.32. The van der Waals surface area contributed by atoms with Gasteiger partial charge in [0, 0.05) is 4.70 Å². The van der Waals surface area contributed by atoms with Crippen molar-refractivity contribution in [1.82, 2.24) is 4.98 Å². The molecule has 4 nitrogen and oxygen atoms in total. The predicted molar refractivity (Wildman–Crippen MR) is 92.4 cm³/mol. The molecular formula is C17H8ClFN2O2S. The lowest BCUT2D eigenvalue weighted by atomic mass is 10.1. The lowest BCUT2D eigenvalue weighted by Gasteiger charge is -2.07. The van der Waals surface area contributed by atoms with Crippen molar-refractivity contribution in [3.8, 4) is 6.07 Å². The number of fused-ring (bicyclic) bond motifs is 1. The highest BCUT2D eigenvalue weighted by molar-refractivity contribution is 7.19. The van der Waals surface area contributed by atoms with Gasteiger partial charge >= 0.3 is 0 Å². The summed E-state index contributed by atoms with van der Waals surface area (Å²) in [5, 5.41) is 20.1. The summed E-state index contributed by atoms with van der Waals surface area (Å²) < 4.78 is 14.6. The van der Waals surface area contributed by atoms with E-state index in [-0.39, 0.29) is 21.2 Å². The van der Waals surface area contributed by atoms with E-state index in [0.29, 0.717) is 10.1 Å². The minimum absolute atomic E-state index is 0.00183. The van der Waals surface area contributed by atoms with Crippen molar-refractivity contribution in [3.63, 3.8) is 0 Å². The van der Waals surface area contributed by atoms with E-state index in [2.05, 4.69) is 4.98 Å². The van der Waals surface area contributed by atoms with Gasteiger partial charge in [0.2, 0.25) is 0 Å². The van der Waals surface area contributed by atoms with E-state index in [1.54, 1.807) is 30.3 Å². The minimum atomic E-state index is -0.777. The lowest BCUT2D eigenvalue weighted by molar-refractivity contribution is 0.504. The third-order valence-electron chi connectivity index (χ3n) is 3.29. The molecule has 7 heteroatoms. The molecule has 0 aliphatic carbocycles. The molecule has 0 atom stereocenters. The zero-order valence-corrected chi connectivity index (χ0v) is 13.5. The van der Waals surface area contributed by atoms with Crippen LogP contribution in [0.1, 0.15) is 10.6 Å². The molecule has 3 rings (SSSR count). The maximum absolute atomic E-state index is 14.0. The van der Waals surface area contributed by atoms with Crippen LogP contribution in [0.4, 0.5) is 4.39 Å². The van der Waals surface area contributed by atoms with E-state index in [4.69, 9.17) is 11.6 Å². The molecule has 0 saturated heterocycles. The number of aliphatic hydroxyl groups excluding tert-OH is 1. The van der Waals surface area contributed by atoms with Gasteiger partial charge in [-0.1, -0.05) is 29.8 Å². The number of nitriles is 1.